The normalized spacial score (nSPS) is 10.1. The van der Waals surface area contributed by atoms with Gasteiger partial charge in [-0.1, -0.05) is 37.1 Å². The molecule has 1 amide bonds. The quantitative estimate of drug-likeness (QED) is 0.482. The van der Waals surface area contributed by atoms with Crippen molar-refractivity contribution in [3.8, 4) is 0 Å². The zero-order valence-electron chi connectivity index (χ0n) is 10.7. The van der Waals surface area contributed by atoms with Crippen LogP contribution in [0.1, 0.15) is 41.3 Å². The minimum absolute atomic E-state index is 0.446. The molecular weight excluding hydrogens is 214 g/mol. The number of hydrogen-bond acceptors (Lipinski definition) is 2. The molecule has 1 rings (SSSR count). The first-order valence-electron chi connectivity index (χ1n) is 5.96. The van der Waals surface area contributed by atoms with Crippen molar-refractivity contribution in [2.24, 2.45) is 0 Å². The molecule has 3 heteroatoms. The number of carbonyl (C=O) groups is 2. The van der Waals surface area contributed by atoms with Crippen LogP contribution >= 0.6 is 0 Å². The van der Waals surface area contributed by atoms with Gasteiger partial charge in [0, 0.05) is 12.1 Å². The van der Waals surface area contributed by atoms with Gasteiger partial charge in [0.25, 0.3) is 5.91 Å². The summed E-state index contributed by atoms with van der Waals surface area (Å²) in [6.07, 6.45) is 1.89. The standard InChI is InChI=1S/C14H19NO2/c1-4-5-8-15-14(17)13(16)12-7-6-10(2)9-11(12)3/h6-7,9H,4-5,8H2,1-3H3,(H,15,17). The third-order valence-electron chi connectivity index (χ3n) is 2.65. The van der Waals surface area contributed by atoms with E-state index in [1.807, 2.05) is 32.9 Å². The second kappa shape index (κ2) is 6.18. The summed E-state index contributed by atoms with van der Waals surface area (Å²) in [4.78, 5) is 23.5. The van der Waals surface area contributed by atoms with Crippen molar-refractivity contribution >= 4 is 11.7 Å². The predicted octanol–water partition coefficient (Wildman–Crippen LogP) is 2.40. The maximum absolute atomic E-state index is 11.9. The molecule has 17 heavy (non-hydrogen) atoms. The highest BCUT2D eigenvalue weighted by Gasteiger charge is 2.17. The van der Waals surface area contributed by atoms with Crippen LogP contribution in [0.4, 0.5) is 0 Å². The third kappa shape index (κ3) is 3.70. The summed E-state index contributed by atoms with van der Waals surface area (Å²) in [5.41, 5.74) is 2.43. The van der Waals surface area contributed by atoms with Gasteiger partial charge in [-0.2, -0.15) is 0 Å². The number of ketones is 1. The number of rotatable bonds is 5. The van der Waals surface area contributed by atoms with E-state index in [1.165, 1.54) is 0 Å². The van der Waals surface area contributed by atoms with E-state index in [1.54, 1.807) is 6.07 Å². The number of hydrogen-bond donors (Lipinski definition) is 1. The molecule has 0 saturated carbocycles. The lowest BCUT2D eigenvalue weighted by atomic mass is 10.0. The molecule has 0 aliphatic rings. The molecule has 0 bridgehead atoms. The van der Waals surface area contributed by atoms with Gasteiger partial charge in [0.2, 0.25) is 5.78 Å². The summed E-state index contributed by atoms with van der Waals surface area (Å²) in [6, 6.07) is 5.47. The third-order valence-corrected chi connectivity index (χ3v) is 2.65. The average molecular weight is 233 g/mol. The van der Waals surface area contributed by atoms with E-state index < -0.39 is 11.7 Å². The van der Waals surface area contributed by atoms with Crippen LogP contribution in [0.3, 0.4) is 0 Å². The molecule has 1 aromatic rings. The molecule has 1 N–H and O–H groups in total. The van der Waals surface area contributed by atoms with Crippen LogP contribution in [-0.2, 0) is 4.79 Å². The molecule has 0 aromatic heterocycles. The van der Waals surface area contributed by atoms with Crippen LogP contribution in [-0.4, -0.2) is 18.2 Å². The second-order valence-electron chi connectivity index (χ2n) is 4.26. The largest absolute Gasteiger partial charge is 0.349 e. The van der Waals surface area contributed by atoms with Crippen molar-refractivity contribution in [2.45, 2.75) is 33.6 Å². The van der Waals surface area contributed by atoms with Crippen LogP contribution < -0.4 is 5.32 Å². The topological polar surface area (TPSA) is 46.2 Å². The van der Waals surface area contributed by atoms with E-state index in [4.69, 9.17) is 0 Å². The number of aryl methyl sites for hydroxylation is 2. The highest BCUT2D eigenvalue weighted by Crippen LogP contribution is 2.11. The predicted molar refractivity (Wildman–Crippen MR) is 68.2 cm³/mol. The summed E-state index contributed by atoms with van der Waals surface area (Å²) in [5, 5.41) is 2.64. The first kappa shape index (κ1) is 13.4. The van der Waals surface area contributed by atoms with Crippen LogP contribution in [0.25, 0.3) is 0 Å². The van der Waals surface area contributed by atoms with Crippen LogP contribution in [0.15, 0.2) is 18.2 Å². The zero-order valence-corrected chi connectivity index (χ0v) is 10.7. The van der Waals surface area contributed by atoms with Gasteiger partial charge in [-0.25, -0.2) is 0 Å². The van der Waals surface area contributed by atoms with Crippen molar-refractivity contribution in [3.05, 3.63) is 34.9 Å². The molecule has 0 atom stereocenters. The molecule has 0 saturated heterocycles. The van der Waals surface area contributed by atoms with Crippen LogP contribution in [0, 0.1) is 13.8 Å². The van der Waals surface area contributed by atoms with E-state index in [-0.39, 0.29) is 0 Å². The summed E-state index contributed by atoms with van der Waals surface area (Å²) in [7, 11) is 0. The minimum Gasteiger partial charge on any atom is -0.349 e. The molecule has 92 valence electrons. The molecule has 0 fully saturated rings. The van der Waals surface area contributed by atoms with E-state index in [0.29, 0.717) is 12.1 Å². The van der Waals surface area contributed by atoms with Gasteiger partial charge < -0.3 is 5.32 Å². The average Bonchev–Trinajstić information content (AvgIpc) is 2.28. The van der Waals surface area contributed by atoms with Gasteiger partial charge in [0.1, 0.15) is 0 Å². The first-order chi connectivity index (χ1) is 8.06. The maximum Gasteiger partial charge on any atom is 0.292 e. The lowest BCUT2D eigenvalue weighted by molar-refractivity contribution is -0.117. The Balaban J connectivity index is 2.72. The van der Waals surface area contributed by atoms with E-state index in [2.05, 4.69) is 5.32 Å². The van der Waals surface area contributed by atoms with Crippen LogP contribution in [0.5, 0.6) is 0 Å². The Labute approximate surface area is 102 Å². The highest BCUT2D eigenvalue weighted by atomic mass is 16.2. The zero-order chi connectivity index (χ0) is 12.8. The molecule has 0 aliphatic carbocycles. The molecule has 0 heterocycles. The Morgan fingerprint density at radius 1 is 1.24 bits per heavy atom. The molecule has 0 aliphatic heterocycles. The smallest absolute Gasteiger partial charge is 0.292 e. The van der Waals surface area contributed by atoms with Crippen LogP contribution in [0.2, 0.25) is 0 Å². The Kier molecular flexibility index (Phi) is 4.88. The van der Waals surface area contributed by atoms with E-state index in [0.717, 1.165) is 24.0 Å². The fraction of sp³-hybridized carbons (Fsp3) is 0.429. The number of amides is 1. The number of nitrogens with one attached hydrogen (secondary N) is 1. The molecular formula is C14H19NO2. The Morgan fingerprint density at radius 2 is 1.94 bits per heavy atom. The van der Waals surface area contributed by atoms with Gasteiger partial charge in [-0.05, 0) is 25.8 Å². The lowest BCUT2D eigenvalue weighted by Crippen LogP contribution is -2.32. The Hall–Kier alpha value is -1.64. The Morgan fingerprint density at radius 3 is 2.53 bits per heavy atom. The number of carbonyl (C=O) groups excluding carboxylic acids is 2. The summed E-state index contributed by atoms with van der Waals surface area (Å²) in [5.74, 6) is -0.955. The van der Waals surface area contributed by atoms with Crippen molar-refractivity contribution in [1.29, 1.82) is 0 Å². The monoisotopic (exact) mass is 233 g/mol. The van der Waals surface area contributed by atoms with Crippen molar-refractivity contribution in [2.75, 3.05) is 6.54 Å². The lowest BCUT2D eigenvalue weighted by Gasteiger charge is -2.06. The fourth-order valence-corrected chi connectivity index (χ4v) is 1.65. The van der Waals surface area contributed by atoms with E-state index in [9.17, 15) is 9.59 Å². The Bertz CT molecular complexity index is 424. The van der Waals surface area contributed by atoms with Gasteiger partial charge >= 0.3 is 0 Å². The van der Waals surface area contributed by atoms with Gasteiger partial charge in [0.15, 0.2) is 0 Å². The van der Waals surface area contributed by atoms with Gasteiger partial charge in [0.05, 0.1) is 0 Å². The van der Waals surface area contributed by atoms with Crippen molar-refractivity contribution in [1.82, 2.24) is 5.32 Å². The maximum atomic E-state index is 11.9. The SMILES string of the molecule is CCCCNC(=O)C(=O)c1ccc(C)cc1C. The summed E-state index contributed by atoms with van der Waals surface area (Å²) in [6.45, 7) is 6.41. The molecule has 0 radical (unpaired) electrons. The van der Waals surface area contributed by atoms with Crippen molar-refractivity contribution in [3.63, 3.8) is 0 Å². The van der Waals surface area contributed by atoms with Gasteiger partial charge in [-0.3, -0.25) is 9.59 Å². The van der Waals surface area contributed by atoms with Crippen molar-refractivity contribution < 1.29 is 9.59 Å². The summed E-state index contributed by atoms with van der Waals surface area (Å²) < 4.78 is 0. The molecule has 0 unspecified atom stereocenters. The molecule has 0 spiro atoms. The molecule has 3 nitrogen and oxygen atoms in total. The van der Waals surface area contributed by atoms with Gasteiger partial charge in [-0.15, -0.1) is 0 Å². The number of Topliss-reactive ketones (excluding diaryl/α,β-unsaturated/α-hetero) is 1. The first-order valence-corrected chi connectivity index (χ1v) is 5.96. The number of benzene rings is 1. The number of unbranched alkanes of at least 4 members (excludes halogenated alkanes) is 1. The second-order valence-corrected chi connectivity index (χ2v) is 4.26. The minimum atomic E-state index is -0.509. The van der Waals surface area contributed by atoms with E-state index >= 15 is 0 Å². The molecule has 1 aromatic carbocycles. The highest BCUT2D eigenvalue weighted by molar-refractivity contribution is 6.43. The summed E-state index contributed by atoms with van der Waals surface area (Å²) >= 11 is 0. The fourth-order valence-electron chi connectivity index (χ4n) is 1.65.